The van der Waals surface area contributed by atoms with Crippen LogP contribution in [0.3, 0.4) is 0 Å². The number of benzene rings is 10. The third-order valence-electron chi connectivity index (χ3n) is 12.6. The van der Waals surface area contributed by atoms with Crippen molar-refractivity contribution in [2.24, 2.45) is 0 Å². The van der Waals surface area contributed by atoms with Crippen molar-refractivity contribution < 1.29 is 4.42 Å². The highest BCUT2D eigenvalue weighted by Gasteiger charge is 2.20. The minimum absolute atomic E-state index is 0.546. The molecule has 0 unspecified atom stereocenters. The molecule has 13 aromatic rings. The largest absolute Gasteiger partial charge is 0.455 e. The van der Waals surface area contributed by atoms with Gasteiger partial charge >= 0.3 is 0 Å². The molecule has 3 heterocycles. The first kappa shape index (κ1) is 36.0. The maximum atomic E-state index is 6.58. The maximum absolute atomic E-state index is 6.58. The van der Waals surface area contributed by atoms with E-state index in [4.69, 9.17) is 19.4 Å². The van der Waals surface area contributed by atoms with Gasteiger partial charge in [-0.2, -0.15) is 0 Å². The van der Waals surface area contributed by atoms with E-state index in [1.54, 1.807) is 0 Å². The van der Waals surface area contributed by atoms with E-state index in [-0.39, 0.29) is 0 Å². The Bertz CT molecular complexity index is 3960. The Hall–Kier alpha value is -8.67. The Kier molecular flexibility index (Phi) is 8.15. The van der Waals surface area contributed by atoms with E-state index in [0.29, 0.717) is 17.5 Å². The second-order valence-electron chi connectivity index (χ2n) is 16.4. The first-order chi connectivity index (χ1) is 31.7. The molecule has 298 valence electrons. The van der Waals surface area contributed by atoms with E-state index in [2.05, 4.69) is 199 Å². The summed E-state index contributed by atoms with van der Waals surface area (Å²) >= 11 is 0. The van der Waals surface area contributed by atoms with Crippen LogP contribution in [0.2, 0.25) is 0 Å². The lowest BCUT2D eigenvalue weighted by Crippen LogP contribution is -2.00. The molecule has 3 aromatic heterocycles. The van der Waals surface area contributed by atoms with E-state index in [0.717, 1.165) is 82.8 Å². The van der Waals surface area contributed by atoms with Crippen molar-refractivity contribution in [3.05, 3.63) is 218 Å². The number of para-hydroxylation sites is 3. The summed E-state index contributed by atoms with van der Waals surface area (Å²) in [5.41, 5.74) is 12.1. The summed E-state index contributed by atoms with van der Waals surface area (Å²) in [5, 5.41) is 9.20. The Labute approximate surface area is 368 Å². The molecule has 0 N–H and O–H groups in total. The average molecular weight is 817 g/mol. The number of hydrogen-bond acceptors (Lipinski definition) is 4. The Morgan fingerprint density at radius 1 is 0.328 bits per heavy atom. The molecule has 5 nitrogen and oxygen atoms in total. The SMILES string of the molecule is c1ccc(-c2ccc3c(c2)c2cc(-c4nc(-c5cccc(-c6cccc7ccc8ccccc8c67)c5)nc(-c5cccc6c5oc5ccccc56)n4)ccc2n3-c2ccccc2)cc1. The van der Waals surface area contributed by atoms with Crippen LogP contribution in [0.15, 0.2) is 223 Å². The maximum Gasteiger partial charge on any atom is 0.167 e. The molecule has 0 aliphatic carbocycles. The molecule has 10 aromatic carbocycles. The molecule has 0 amide bonds. The van der Waals surface area contributed by atoms with Crippen LogP contribution in [-0.4, -0.2) is 19.5 Å². The number of aromatic nitrogens is 4. The minimum atomic E-state index is 0.546. The molecule has 0 spiro atoms. The van der Waals surface area contributed by atoms with Crippen molar-refractivity contribution in [3.63, 3.8) is 0 Å². The van der Waals surface area contributed by atoms with Crippen molar-refractivity contribution in [3.8, 4) is 62.1 Å². The van der Waals surface area contributed by atoms with E-state index in [9.17, 15) is 0 Å². The number of hydrogen-bond donors (Lipinski definition) is 0. The van der Waals surface area contributed by atoms with Crippen molar-refractivity contribution in [2.45, 2.75) is 0 Å². The molecule has 0 aliphatic rings. The van der Waals surface area contributed by atoms with Crippen molar-refractivity contribution >= 4 is 65.3 Å². The number of nitrogens with zero attached hydrogens (tertiary/aromatic N) is 4. The summed E-state index contributed by atoms with van der Waals surface area (Å²) in [6.45, 7) is 0. The van der Waals surface area contributed by atoms with Crippen molar-refractivity contribution in [1.29, 1.82) is 0 Å². The van der Waals surface area contributed by atoms with Crippen LogP contribution >= 0.6 is 0 Å². The summed E-state index contributed by atoms with van der Waals surface area (Å²) < 4.78 is 8.92. The Balaban J connectivity index is 1.04. The molecule has 64 heavy (non-hydrogen) atoms. The zero-order chi connectivity index (χ0) is 42.1. The standard InChI is InChI=1S/C59H36N4O/c1-3-14-37(15-4-1)40-30-32-52-50(35-40)51-36-43(31-33-53(51)63(52)44-20-5-2-6-21-44)58-60-57(61-59(62-58)49-26-13-25-48-47-23-9-10-27-54(47)64-56(48)49)42-19-11-18-41(34-42)46-24-12-17-39-29-28-38-16-7-8-22-45(38)55(39)46/h1-36H. The van der Waals surface area contributed by atoms with Crippen LogP contribution in [0.4, 0.5) is 0 Å². The highest BCUT2D eigenvalue weighted by Crippen LogP contribution is 2.40. The van der Waals surface area contributed by atoms with Crippen LogP contribution in [0.5, 0.6) is 0 Å². The third-order valence-corrected chi connectivity index (χ3v) is 12.6. The highest BCUT2D eigenvalue weighted by molar-refractivity contribution is 6.15. The predicted molar refractivity (Wildman–Crippen MR) is 264 cm³/mol. The molecule has 0 bridgehead atoms. The van der Waals surface area contributed by atoms with Gasteiger partial charge in [0.05, 0.1) is 16.6 Å². The van der Waals surface area contributed by atoms with E-state index in [1.165, 1.54) is 27.1 Å². The lowest BCUT2D eigenvalue weighted by molar-refractivity contribution is 0.669. The van der Waals surface area contributed by atoms with Gasteiger partial charge in [0.25, 0.3) is 0 Å². The van der Waals surface area contributed by atoms with E-state index < -0.39 is 0 Å². The Morgan fingerprint density at radius 3 is 1.72 bits per heavy atom. The first-order valence-corrected chi connectivity index (χ1v) is 21.6. The molecule has 0 saturated heterocycles. The molecule has 0 aliphatic heterocycles. The molecule has 0 fully saturated rings. The second kappa shape index (κ2) is 14.5. The molecule has 5 heteroatoms. The number of rotatable bonds is 6. The summed E-state index contributed by atoms with van der Waals surface area (Å²) in [7, 11) is 0. The molecule has 0 saturated carbocycles. The first-order valence-electron chi connectivity index (χ1n) is 21.6. The molecular weight excluding hydrogens is 781 g/mol. The minimum Gasteiger partial charge on any atom is -0.455 e. The smallest absolute Gasteiger partial charge is 0.167 e. The van der Waals surface area contributed by atoms with E-state index >= 15 is 0 Å². The summed E-state index contributed by atoms with van der Waals surface area (Å²) in [6.07, 6.45) is 0. The summed E-state index contributed by atoms with van der Waals surface area (Å²) in [6, 6.07) is 77.0. The van der Waals surface area contributed by atoms with Crippen LogP contribution in [-0.2, 0) is 0 Å². The zero-order valence-electron chi connectivity index (χ0n) is 34.5. The van der Waals surface area contributed by atoms with E-state index in [1.807, 2.05) is 24.3 Å². The van der Waals surface area contributed by atoms with Crippen LogP contribution in [0, 0.1) is 0 Å². The normalized spacial score (nSPS) is 11.8. The van der Waals surface area contributed by atoms with Crippen molar-refractivity contribution in [1.82, 2.24) is 19.5 Å². The van der Waals surface area contributed by atoms with Gasteiger partial charge in [0, 0.05) is 38.4 Å². The molecular formula is C59H36N4O. The van der Waals surface area contributed by atoms with Gasteiger partial charge in [0.2, 0.25) is 0 Å². The molecule has 0 atom stereocenters. The van der Waals surface area contributed by atoms with Crippen LogP contribution in [0.1, 0.15) is 0 Å². The fourth-order valence-electron chi connectivity index (χ4n) is 9.63. The lowest BCUT2D eigenvalue weighted by Gasteiger charge is -2.12. The summed E-state index contributed by atoms with van der Waals surface area (Å²) in [5.74, 6) is 1.71. The van der Waals surface area contributed by atoms with Gasteiger partial charge in [-0.1, -0.05) is 158 Å². The van der Waals surface area contributed by atoms with Gasteiger partial charge < -0.3 is 8.98 Å². The van der Waals surface area contributed by atoms with Crippen LogP contribution in [0.25, 0.3) is 127 Å². The molecule has 0 radical (unpaired) electrons. The van der Waals surface area contributed by atoms with Gasteiger partial charge in [0.15, 0.2) is 17.5 Å². The second-order valence-corrected chi connectivity index (χ2v) is 16.4. The molecule has 13 rings (SSSR count). The van der Waals surface area contributed by atoms with Gasteiger partial charge in [-0.25, -0.2) is 15.0 Å². The average Bonchev–Trinajstić information content (AvgIpc) is 3.92. The highest BCUT2D eigenvalue weighted by atomic mass is 16.3. The quantitative estimate of drug-likeness (QED) is 0.157. The van der Waals surface area contributed by atoms with Crippen molar-refractivity contribution in [2.75, 3.05) is 0 Å². The van der Waals surface area contributed by atoms with Gasteiger partial charge in [-0.15, -0.1) is 0 Å². The fraction of sp³-hybridized carbons (Fsp3) is 0. The third kappa shape index (κ3) is 5.83. The van der Waals surface area contributed by atoms with Gasteiger partial charge in [0.1, 0.15) is 11.2 Å². The Morgan fingerprint density at radius 2 is 0.891 bits per heavy atom. The zero-order valence-corrected chi connectivity index (χ0v) is 34.5. The summed E-state index contributed by atoms with van der Waals surface area (Å²) in [4.78, 5) is 15.9. The topological polar surface area (TPSA) is 56.7 Å². The predicted octanol–water partition coefficient (Wildman–Crippen LogP) is 15.5. The number of fused-ring (bicyclic) bond motifs is 9. The van der Waals surface area contributed by atoms with Gasteiger partial charge in [-0.05, 0) is 104 Å². The lowest BCUT2D eigenvalue weighted by atomic mass is 9.93. The fourth-order valence-corrected chi connectivity index (χ4v) is 9.63. The van der Waals surface area contributed by atoms with Gasteiger partial charge in [-0.3, -0.25) is 0 Å². The monoisotopic (exact) mass is 816 g/mol. The van der Waals surface area contributed by atoms with Crippen LogP contribution < -0.4 is 0 Å². The number of furan rings is 1.